The summed E-state index contributed by atoms with van der Waals surface area (Å²) in [7, 11) is 0. The number of nitrogens with zero attached hydrogens (tertiary/aromatic N) is 1. The van der Waals surface area contributed by atoms with Crippen molar-refractivity contribution in [1.82, 2.24) is 0 Å². The quantitative estimate of drug-likeness (QED) is 0.222. The van der Waals surface area contributed by atoms with Crippen LogP contribution in [0.3, 0.4) is 0 Å². The topological polar surface area (TPSA) is 23.8 Å². The fraction of sp³-hybridized carbons (Fsp3) is 0.950. The van der Waals surface area contributed by atoms with Crippen LogP contribution in [0.25, 0.3) is 0 Å². The molecule has 0 atom stereocenters. The summed E-state index contributed by atoms with van der Waals surface area (Å²) in [5.41, 5.74) is 0. The van der Waals surface area contributed by atoms with E-state index >= 15 is 0 Å². The van der Waals surface area contributed by atoms with Crippen molar-refractivity contribution in [3.63, 3.8) is 0 Å². The summed E-state index contributed by atoms with van der Waals surface area (Å²) in [5.74, 6) is 0. The minimum atomic E-state index is -1.39. The molecular formula is C20H19Cl54N. The summed E-state index contributed by atoms with van der Waals surface area (Å²) in [6.07, 6.45) is -0.0579. The molecule has 0 aromatic rings. The van der Waals surface area contributed by atoms with Crippen molar-refractivity contribution in [2.24, 2.45) is 0 Å². The van der Waals surface area contributed by atoms with Gasteiger partial charge in [0.2, 0.25) is 3.79 Å². The van der Waals surface area contributed by atoms with Crippen LogP contribution >= 0.6 is 626 Å². The third-order valence-corrected chi connectivity index (χ3v) is 0.680. The molecule has 0 saturated carbocycles. The lowest BCUT2D eigenvalue weighted by atomic mass is 10.5. The molecule has 0 aliphatic heterocycles. The molecule has 0 aliphatic carbocycles. The van der Waals surface area contributed by atoms with Crippen molar-refractivity contribution in [3.05, 3.63) is 0 Å². The maximum Gasteiger partial charge on any atom is 0.203 e. The molecule has 0 rings (SSSR count). The van der Waals surface area contributed by atoms with Gasteiger partial charge in [-0.2, -0.15) is 5.26 Å². The average molecular weight is 2190 g/mol. The second-order valence-corrected chi connectivity index (χ2v) is 41.3. The number of rotatable bonds is 0. The van der Waals surface area contributed by atoms with Crippen LogP contribution in [0.1, 0.15) is 6.42 Å². The van der Waals surface area contributed by atoms with Gasteiger partial charge in [0.25, 0.3) is 0 Å². The summed E-state index contributed by atoms with van der Waals surface area (Å²) < 4.78 is -14.1. The van der Waals surface area contributed by atoms with Crippen LogP contribution in [0.15, 0.2) is 0 Å². The predicted molar refractivity (Wildman–Crippen MR) is 393 cm³/mol. The molecule has 0 amide bonds. The fourth-order valence-electron chi connectivity index (χ4n) is 0.0896. The van der Waals surface area contributed by atoms with Crippen LogP contribution in [-0.4, -0.2) is 76.8 Å². The first kappa shape index (κ1) is 138. The first-order valence-electron chi connectivity index (χ1n) is 12.6. The highest BCUT2D eigenvalue weighted by Crippen LogP contribution is 2.28. The first-order chi connectivity index (χ1) is 32.5. The molecule has 0 fully saturated rings. The van der Waals surface area contributed by atoms with E-state index in [2.05, 4.69) is 0 Å². The Morgan fingerprint density at radius 1 is 0.173 bits per heavy atom. The molecule has 0 N–H and O–H groups in total. The van der Waals surface area contributed by atoms with Crippen molar-refractivity contribution >= 4 is 626 Å². The predicted octanol–water partition coefficient (Wildman–Crippen LogP) is 36.0. The van der Waals surface area contributed by atoms with Crippen LogP contribution < -0.4 is 0 Å². The molecular weight excluding hydrogens is 2170 g/mol. The number of hydrogen-bond donors (Lipinski definition) is 0. The van der Waals surface area contributed by atoms with Gasteiger partial charge in [-0.1, -0.05) is 626 Å². The molecule has 0 heterocycles. The summed E-state index contributed by atoms with van der Waals surface area (Å²) in [6, 6.07) is 1.71. The lowest BCUT2D eigenvalue weighted by molar-refractivity contribution is 1.08. The third kappa shape index (κ3) is 1850. The lowest BCUT2D eigenvalue weighted by Gasteiger charge is -2.00. The van der Waals surface area contributed by atoms with Gasteiger partial charge in [-0.25, -0.2) is 0 Å². The second-order valence-electron chi connectivity index (χ2n) is 5.16. The lowest BCUT2D eigenvalue weighted by Crippen LogP contribution is -1.97. The molecule has 0 aliphatic rings. The zero-order valence-electron chi connectivity index (χ0n) is 32.4. The Balaban J connectivity index is -0.0000000287. The zero-order chi connectivity index (χ0) is 66.7. The third-order valence-electron chi connectivity index (χ3n) is 0.280. The zero-order valence-corrected chi connectivity index (χ0v) is 73.2. The monoisotopic (exact) mass is 2160 g/mol. The molecule has 0 radical (unpaired) electrons. The Morgan fingerprint density at radius 3 is 0.213 bits per heavy atom. The highest BCUT2D eigenvalue weighted by molar-refractivity contribution is 6.70. The smallest absolute Gasteiger partial charge is 0.198 e. The Kier molecular flexibility index (Phi) is 231. The second kappa shape index (κ2) is 126. The van der Waals surface area contributed by atoms with Gasteiger partial charge in [0, 0.05) is 0 Å². The van der Waals surface area contributed by atoms with Crippen LogP contribution in [0.2, 0.25) is 0 Å². The van der Waals surface area contributed by atoms with E-state index in [0.717, 1.165) is 0 Å². The Labute approximate surface area is 708 Å². The minimum Gasteiger partial charge on any atom is -0.198 e. The maximum atomic E-state index is 7.90. The van der Waals surface area contributed by atoms with E-state index < -0.39 is 76.8 Å². The van der Waals surface area contributed by atoms with E-state index in [4.69, 9.17) is 632 Å². The van der Waals surface area contributed by atoms with Crippen molar-refractivity contribution in [2.45, 2.75) is 83.2 Å². The maximum absolute atomic E-state index is 7.90. The van der Waals surface area contributed by atoms with Crippen molar-refractivity contribution in [1.29, 1.82) is 5.26 Å². The molecule has 55 heteroatoms. The summed E-state index contributed by atoms with van der Waals surface area (Å²) in [6.45, 7) is 0. The van der Waals surface area contributed by atoms with Gasteiger partial charge >= 0.3 is 0 Å². The molecule has 0 bridgehead atoms. The Hall–Kier alpha value is 15.1. The summed E-state index contributed by atoms with van der Waals surface area (Å²) in [4.78, 5) is 0. The van der Waals surface area contributed by atoms with Crippen LogP contribution in [-0.2, 0) is 0 Å². The van der Waals surface area contributed by atoms with Gasteiger partial charge in [-0.15, -0.1) is 0 Å². The Morgan fingerprint density at radius 2 is 0.213 bits per heavy atom. The van der Waals surface area contributed by atoms with E-state index in [1.165, 1.54) is 0 Å². The van der Waals surface area contributed by atoms with Gasteiger partial charge in [-0.05, 0) is 0 Å². The molecule has 0 spiro atoms. The highest BCUT2D eigenvalue weighted by atomic mass is 35.6. The van der Waals surface area contributed by atoms with E-state index in [-0.39, 0.29) is 6.42 Å². The van der Waals surface area contributed by atoms with Crippen LogP contribution in [0, 0.1) is 11.3 Å². The van der Waals surface area contributed by atoms with E-state index in [1.54, 1.807) is 6.07 Å². The van der Waals surface area contributed by atoms with Crippen LogP contribution in [0.4, 0.5) is 0 Å². The Bertz CT molecular complexity index is 530. The van der Waals surface area contributed by atoms with Crippen molar-refractivity contribution < 1.29 is 0 Å². The fourth-order valence-corrected chi connectivity index (χ4v) is 0.269. The minimum absolute atomic E-state index is 0.0579. The van der Waals surface area contributed by atoms with Gasteiger partial charge < -0.3 is 0 Å². The van der Waals surface area contributed by atoms with Gasteiger partial charge in [-0.3, -0.25) is 0 Å². The SMILES string of the molecule is ClC(Cl)Cl.ClC(Cl)Cl.ClC(Cl)Cl.ClC(Cl)Cl.ClC(Cl)Cl.ClC(Cl)Cl.ClC(Cl)Cl.ClC(Cl)Cl.ClC(Cl)Cl.ClC(Cl)Cl.ClC(Cl)Cl.ClC(Cl)Cl.ClC(Cl)Cl.ClC(Cl)Cl.ClC(Cl)Cl.ClC(Cl)Cl.ClC(Cl)Cl.N#CCC(Cl)(Cl)Cl. The normalized spacial score (nSPS) is 9.15. The average Bonchev–Trinajstić information content (AvgIpc) is 2.96. The molecule has 75 heavy (non-hydrogen) atoms. The summed E-state index contributed by atoms with van der Waals surface area (Å²) in [5, 5.41) is 7.90. The van der Waals surface area contributed by atoms with Crippen LogP contribution in [0.5, 0.6) is 0 Å². The van der Waals surface area contributed by atoms with Crippen molar-refractivity contribution in [2.75, 3.05) is 0 Å². The number of halogens is 54. The number of nitriles is 1. The molecule has 482 valence electrons. The number of hydrogen-bond acceptors (Lipinski definition) is 1. The van der Waals surface area contributed by atoms with Crippen molar-refractivity contribution in [3.8, 4) is 6.07 Å². The molecule has 0 saturated heterocycles. The standard InChI is InChI=1S/C3H2Cl3N.17CHCl3/c4-3(5,6)1-2-7;17*2-1(3)4/h1H2;17*1H. The first-order valence-corrected chi connectivity index (χ1v) is 36.0. The van der Waals surface area contributed by atoms with Gasteiger partial charge in [0.1, 0.15) is 0 Å². The van der Waals surface area contributed by atoms with E-state index in [0.29, 0.717) is 0 Å². The molecule has 0 aromatic heterocycles. The molecule has 0 aromatic carbocycles. The van der Waals surface area contributed by atoms with Gasteiger partial charge in [0.05, 0.1) is 12.5 Å². The number of alkyl halides is 54. The largest absolute Gasteiger partial charge is 0.203 e. The van der Waals surface area contributed by atoms with E-state index in [1.807, 2.05) is 0 Å². The summed E-state index contributed by atoms with van der Waals surface area (Å²) >= 11 is 261. The van der Waals surface area contributed by atoms with Gasteiger partial charge in [0.15, 0.2) is 73.0 Å². The molecule has 0 unspecified atom stereocenters. The van der Waals surface area contributed by atoms with E-state index in [9.17, 15) is 0 Å². The highest BCUT2D eigenvalue weighted by Gasteiger charge is 2.17. The molecule has 1 nitrogen and oxygen atoms in total.